The van der Waals surface area contributed by atoms with E-state index in [-0.39, 0.29) is 0 Å². The first-order valence-corrected chi connectivity index (χ1v) is 5.43. The van der Waals surface area contributed by atoms with Gasteiger partial charge in [-0.3, -0.25) is 0 Å². The number of hydrogen-bond donors (Lipinski definition) is 1. The molecule has 1 N–H and O–H groups in total. The molecule has 0 fully saturated rings. The van der Waals surface area contributed by atoms with Crippen LogP contribution >= 0.6 is 0 Å². The second-order valence-electron chi connectivity index (χ2n) is 3.64. The first-order chi connectivity index (χ1) is 6.72. The lowest BCUT2D eigenvalue weighted by atomic mass is 10.1. The molecule has 1 unspecified atom stereocenters. The molecule has 0 aromatic heterocycles. The van der Waals surface area contributed by atoms with Crippen molar-refractivity contribution in [3.8, 4) is 11.8 Å². The number of hydrogen-bond acceptors (Lipinski definition) is 2. The third kappa shape index (κ3) is 6.94. The van der Waals surface area contributed by atoms with E-state index < -0.39 is 0 Å². The van der Waals surface area contributed by atoms with Gasteiger partial charge in [-0.2, -0.15) is 0 Å². The van der Waals surface area contributed by atoms with Crippen molar-refractivity contribution in [2.75, 3.05) is 19.8 Å². The van der Waals surface area contributed by atoms with Crippen LogP contribution < -0.4 is 5.32 Å². The number of rotatable bonds is 7. The summed E-state index contributed by atoms with van der Waals surface area (Å²) in [4.78, 5) is 0. The molecule has 14 heavy (non-hydrogen) atoms. The highest BCUT2D eigenvalue weighted by molar-refractivity contribution is 4.95. The van der Waals surface area contributed by atoms with Gasteiger partial charge >= 0.3 is 0 Å². The summed E-state index contributed by atoms with van der Waals surface area (Å²) in [6, 6.07) is 0.452. The molecule has 0 aromatic carbocycles. The zero-order chi connectivity index (χ0) is 10.8. The summed E-state index contributed by atoms with van der Waals surface area (Å²) in [7, 11) is 0. The topological polar surface area (TPSA) is 21.3 Å². The largest absolute Gasteiger partial charge is 0.380 e. The van der Waals surface area contributed by atoms with Gasteiger partial charge in [-0.15, -0.1) is 11.8 Å². The zero-order valence-electron chi connectivity index (χ0n) is 9.89. The van der Waals surface area contributed by atoms with Crippen molar-refractivity contribution in [3.63, 3.8) is 0 Å². The van der Waals surface area contributed by atoms with Crippen LogP contribution in [-0.2, 0) is 4.74 Å². The predicted molar refractivity (Wildman–Crippen MR) is 61.2 cm³/mol. The fraction of sp³-hybridized carbons (Fsp3) is 0.833. The lowest BCUT2D eigenvalue weighted by Gasteiger charge is -2.21. The molecule has 0 aliphatic carbocycles. The monoisotopic (exact) mass is 197 g/mol. The van der Waals surface area contributed by atoms with Crippen LogP contribution in [0.15, 0.2) is 0 Å². The second-order valence-corrected chi connectivity index (χ2v) is 3.64. The number of ether oxygens (including phenoxy) is 1. The molecule has 82 valence electrons. The smallest absolute Gasteiger partial charge is 0.0621 e. The molecule has 0 saturated heterocycles. The van der Waals surface area contributed by atoms with Crippen LogP contribution in [0.4, 0.5) is 0 Å². The van der Waals surface area contributed by atoms with Crippen molar-refractivity contribution in [1.29, 1.82) is 0 Å². The molecular formula is C12H23NO. The molecule has 1 atom stereocenters. The maximum Gasteiger partial charge on any atom is 0.0621 e. The van der Waals surface area contributed by atoms with Gasteiger partial charge in [0, 0.05) is 25.6 Å². The van der Waals surface area contributed by atoms with E-state index in [1.807, 2.05) is 13.8 Å². The van der Waals surface area contributed by atoms with Gasteiger partial charge in [0.05, 0.1) is 6.61 Å². The molecule has 0 amide bonds. The molecule has 2 heteroatoms. The van der Waals surface area contributed by atoms with Gasteiger partial charge in [0.2, 0.25) is 0 Å². The Morgan fingerprint density at radius 3 is 2.57 bits per heavy atom. The predicted octanol–water partition coefficient (Wildman–Crippen LogP) is 2.05. The first-order valence-electron chi connectivity index (χ1n) is 5.43. The van der Waals surface area contributed by atoms with Crippen molar-refractivity contribution in [3.05, 3.63) is 0 Å². The Kier molecular flexibility index (Phi) is 8.72. The first kappa shape index (κ1) is 13.5. The minimum atomic E-state index is 0.452. The third-order valence-electron chi connectivity index (χ3n) is 2.14. The van der Waals surface area contributed by atoms with Gasteiger partial charge < -0.3 is 10.1 Å². The fourth-order valence-electron chi connectivity index (χ4n) is 1.18. The van der Waals surface area contributed by atoms with E-state index in [9.17, 15) is 0 Å². The molecule has 0 rings (SSSR count). The highest BCUT2D eigenvalue weighted by Crippen LogP contribution is 2.01. The zero-order valence-corrected chi connectivity index (χ0v) is 9.89. The van der Waals surface area contributed by atoms with Crippen molar-refractivity contribution in [1.82, 2.24) is 5.32 Å². The SMILES string of the molecule is CC#CCCNC(COCC)C(C)C. The van der Waals surface area contributed by atoms with Crippen molar-refractivity contribution in [2.24, 2.45) is 5.92 Å². The van der Waals surface area contributed by atoms with Crippen molar-refractivity contribution >= 4 is 0 Å². The highest BCUT2D eigenvalue weighted by Gasteiger charge is 2.11. The molecule has 0 bridgehead atoms. The lowest BCUT2D eigenvalue weighted by Crippen LogP contribution is -2.38. The molecule has 0 aliphatic heterocycles. The van der Waals surface area contributed by atoms with Gasteiger partial charge in [0.15, 0.2) is 0 Å². The van der Waals surface area contributed by atoms with Crippen LogP contribution in [0.2, 0.25) is 0 Å². The average Bonchev–Trinajstić information content (AvgIpc) is 2.16. The molecule has 0 aliphatic rings. The van der Waals surface area contributed by atoms with E-state index in [0.29, 0.717) is 12.0 Å². The molecule has 2 nitrogen and oxygen atoms in total. The standard InChI is InChI=1S/C12H23NO/c1-5-7-8-9-13-12(11(3)4)10-14-6-2/h11-13H,6,8-10H2,1-4H3. The highest BCUT2D eigenvalue weighted by atomic mass is 16.5. The van der Waals surface area contributed by atoms with E-state index >= 15 is 0 Å². The molecular weight excluding hydrogens is 174 g/mol. The van der Waals surface area contributed by atoms with Crippen molar-refractivity contribution in [2.45, 2.75) is 40.2 Å². The summed E-state index contributed by atoms with van der Waals surface area (Å²) in [5.41, 5.74) is 0. The van der Waals surface area contributed by atoms with E-state index in [4.69, 9.17) is 4.74 Å². The van der Waals surface area contributed by atoms with E-state index in [1.165, 1.54) is 0 Å². The van der Waals surface area contributed by atoms with Gasteiger partial charge in [-0.25, -0.2) is 0 Å². The minimum absolute atomic E-state index is 0.452. The summed E-state index contributed by atoms with van der Waals surface area (Å²) in [5, 5.41) is 3.46. The van der Waals surface area contributed by atoms with Crippen LogP contribution in [0.25, 0.3) is 0 Å². The normalized spacial score (nSPS) is 12.4. The molecule has 0 spiro atoms. The fourth-order valence-corrected chi connectivity index (χ4v) is 1.18. The molecule has 0 radical (unpaired) electrons. The van der Waals surface area contributed by atoms with Gasteiger partial charge in [0.1, 0.15) is 0 Å². The Hall–Kier alpha value is -0.520. The molecule has 0 saturated carbocycles. The van der Waals surface area contributed by atoms with Crippen LogP contribution in [0.1, 0.15) is 34.1 Å². The van der Waals surface area contributed by atoms with Gasteiger partial charge in [0.25, 0.3) is 0 Å². The lowest BCUT2D eigenvalue weighted by molar-refractivity contribution is 0.109. The van der Waals surface area contributed by atoms with E-state index in [2.05, 4.69) is 31.0 Å². The Morgan fingerprint density at radius 1 is 1.36 bits per heavy atom. The summed E-state index contributed by atoms with van der Waals surface area (Å²) in [6.07, 6.45) is 0.922. The second kappa shape index (κ2) is 9.05. The van der Waals surface area contributed by atoms with E-state index in [0.717, 1.165) is 26.2 Å². The Labute approximate surface area is 88.4 Å². The molecule has 0 aromatic rings. The Balaban J connectivity index is 3.65. The maximum absolute atomic E-state index is 5.42. The maximum atomic E-state index is 5.42. The van der Waals surface area contributed by atoms with E-state index in [1.54, 1.807) is 0 Å². The summed E-state index contributed by atoms with van der Waals surface area (Å²) >= 11 is 0. The third-order valence-corrected chi connectivity index (χ3v) is 2.14. The summed E-state index contributed by atoms with van der Waals surface area (Å²) in [6.45, 7) is 10.9. The minimum Gasteiger partial charge on any atom is -0.380 e. The van der Waals surface area contributed by atoms with Gasteiger partial charge in [-0.05, 0) is 19.8 Å². The quantitative estimate of drug-likeness (QED) is 0.498. The summed E-state index contributed by atoms with van der Waals surface area (Å²) < 4.78 is 5.42. The van der Waals surface area contributed by atoms with Gasteiger partial charge in [-0.1, -0.05) is 13.8 Å². The molecule has 0 heterocycles. The number of nitrogens with one attached hydrogen (secondary N) is 1. The van der Waals surface area contributed by atoms with Crippen LogP contribution in [0, 0.1) is 17.8 Å². The van der Waals surface area contributed by atoms with Crippen LogP contribution in [0.5, 0.6) is 0 Å². The van der Waals surface area contributed by atoms with Crippen LogP contribution in [-0.4, -0.2) is 25.8 Å². The Morgan fingerprint density at radius 2 is 2.07 bits per heavy atom. The van der Waals surface area contributed by atoms with Crippen molar-refractivity contribution < 1.29 is 4.74 Å². The summed E-state index contributed by atoms with van der Waals surface area (Å²) in [5.74, 6) is 6.55. The van der Waals surface area contributed by atoms with Crippen LogP contribution in [0.3, 0.4) is 0 Å². The average molecular weight is 197 g/mol. The Bertz CT molecular complexity index is 178.